The molecule has 1 atom stereocenters. The van der Waals surface area contributed by atoms with Crippen LogP contribution in [0.4, 0.5) is 0 Å². The zero-order chi connectivity index (χ0) is 7.56. The van der Waals surface area contributed by atoms with Crippen molar-refractivity contribution >= 4 is 22.8 Å². The summed E-state index contributed by atoms with van der Waals surface area (Å²) in [5.41, 5.74) is 0. The summed E-state index contributed by atoms with van der Waals surface area (Å²) in [6.07, 6.45) is 0.490. The third kappa shape index (κ3) is 2.02. The van der Waals surface area contributed by atoms with Crippen molar-refractivity contribution in [3.8, 4) is 0 Å². The minimum absolute atomic E-state index is 0.0544. The van der Waals surface area contributed by atoms with Gasteiger partial charge >= 0.3 is 0 Å². The number of nitrogens with one attached hydrogen (secondary N) is 1. The summed E-state index contributed by atoms with van der Waals surface area (Å²) in [5.74, 6) is 0.0544. The Morgan fingerprint density at radius 3 is 2.90 bits per heavy atom. The van der Waals surface area contributed by atoms with Gasteiger partial charge in [0.05, 0.1) is 0 Å². The fraction of sp³-hybridized carbons (Fsp3) is 0.667. The number of hydrogen-bond acceptors (Lipinski definition) is 3. The largest absolute Gasteiger partial charge is 0.355 e. The number of carbonyl (C=O) groups is 2. The second-order valence-electron chi connectivity index (χ2n) is 2.24. The molecule has 56 valence electrons. The third-order valence-corrected chi connectivity index (χ3v) is 2.27. The lowest BCUT2D eigenvalue weighted by molar-refractivity contribution is -0.119. The van der Waals surface area contributed by atoms with Crippen LogP contribution in [0.1, 0.15) is 13.3 Å². The summed E-state index contributed by atoms with van der Waals surface area (Å²) in [5, 5.41) is 2.92. The van der Waals surface area contributed by atoms with E-state index in [9.17, 15) is 9.59 Å². The summed E-state index contributed by atoms with van der Waals surface area (Å²) in [4.78, 5) is 21.1. The van der Waals surface area contributed by atoms with Crippen molar-refractivity contribution in [2.45, 2.75) is 18.6 Å². The monoisotopic (exact) mass is 159 g/mol. The first-order chi connectivity index (χ1) is 4.68. The fourth-order valence-corrected chi connectivity index (χ4v) is 1.77. The molecule has 0 aromatic rings. The number of hydrogen-bond donors (Lipinski definition) is 1. The lowest BCUT2D eigenvalue weighted by Crippen LogP contribution is -2.14. The van der Waals surface area contributed by atoms with E-state index in [1.54, 1.807) is 0 Å². The molecule has 4 heteroatoms. The molecule has 0 spiro atoms. The Balaban J connectivity index is 2.31. The molecule has 0 bridgehead atoms. The van der Waals surface area contributed by atoms with Gasteiger partial charge in [-0.3, -0.25) is 9.59 Å². The van der Waals surface area contributed by atoms with E-state index in [4.69, 9.17) is 0 Å². The molecule has 0 aliphatic carbocycles. The zero-order valence-electron chi connectivity index (χ0n) is 5.72. The zero-order valence-corrected chi connectivity index (χ0v) is 6.53. The molecule has 0 radical (unpaired) electrons. The van der Waals surface area contributed by atoms with Gasteiger partial charge in [-0.05, 0) is 0 Å². The second kappa shape index (κ2) is 3.05. The summed E-state index contributed by atoms with van der Waals surface area (Å²) >= 11 is 1.24. The van der Waals surface area contributed by atoms with Gasteiger partial charge < -0.3 is 5.32 Å². The molecule has 0 unspecified atom stereocenters. The van der Waals surface area contributed by atoms with Crippen LogP contribution >= 0.6 is 11.8 Å². The molecular formula is C6H9NO2S. The highest BCUT2D eigenvalue weighted by molar-refractivity contribution is 8.14. The van der Waals surface area contributed by atoms with Gasteiger partial charge in [0.2, 0.25) is 5.91 Å². The van der Waals surface area contributed by atoms with Crippen molar-refractivity contribution in [3.05, 3.63) is 0 Å². The van der Waals surface area contributed by atoms with Gasteiger partial charge in [-0.2, -0.15) is 0 Å². The quantitative estimate of drug-likeness (QED) is 0.592. The van der Waals surface area contributed by atoms with Gasteiger partial charge in [0, 0.05) is 25.1 Å². The molecule has 0 aromatic heterocycles. The van der Waals surface area contributed by atoms with Crippen LogP contribution < -0.4 is 5.32 Å². The Kier molecular flexibility index (Phi) is 2.32. The van der Waals surface area contributed by atoms with Gasteiger partial charge in [-0.15, -0.1) is 0 Å². The second-order valence-corrected chi connectivity index (χ2v) is 3.72. The van der Waals surface area contributed by atoms with Crippen LogP contribution in [0.5, 0.6) is 0 Å². The third-order valence-electron chi connectivity index (χ3n) is 1.27. The highest BCUT2D eigenvalue weighted by atomic mass is 32.2. The molecule has 1 aliphatic heterocycles. The van der Waals surface area contributed by atoms with Crippen molar-refractivity contribution in [1.82, 2.24) is 5.32 Å². The van der Waals surface area contributed by atoms with Gasteiger partial charge in [0.15, 0.2) is 5.12 Å². The van der Waals surface area contributed by atoms with Gasteiger partial charge in [0.25, 0.3) is 0 Å². The lowest BCUT2D eigenvalue weighted by atomic mass is 10.4. The summed E-state index contributed by atoms with van der Waals surface area (Å²) in [7, 11) is 0. The first kappa shape index (κ1) is 7.60. The Labute approximate surface area is 63.6 Å². The molecule has 1 amide bonds. The molecule has 1 fully saturated rings. The molecule has 10 heavy (non-hydrogen) atoms. The van der Waals surface area contributed by atoms with Crippen LogP contribution in [0.25, 0.3) is 0 Å². The number of carbonyl (C=O) groups excluding carboxylic acids is 2. The van der Waals surface area contributed by atoms with Crippen molar-refractivity contribution in [2.75, 3.05) is 6.54 Å². The number of thioether (sulfide) groups is 1. The average molecular weight is 159 g/mol. The topological polar surface area (TPSA) is 46.2 Å². The minimum Gasteiger partial charge on any atom is -0.355 e. The van der Waals surface area contributed by atoms with E-state index < -0.39 is 0 Å². The molecule has 1 N–H and O–H groups in total. The highest BCUT2D eigenvalue weighted by Gasteiger charge is 2.22. The minimum atomic E-state index is 0.0544. The molecule has 1 heterocycles. The van der Waals surface area contributed by atoms with Crippen LogP contribution in [-0.4, -0.2) is 22.8 Å². The Morgan fingerprint density at radius 2 is 2.50 bits per heavy atom. The predicted octanol–water partition coefficient (Wildman–Crippen LogP) is 0.155. The van der Waals surface area contributed by atoms with E-state index in [-0.39, 0.29) is 16.3 Å². The maximum atomic E-state index is 10.6. The molecule has 0 aromatic carbocycles. The van der Waals surface area contributed by atoms with Crippen LogP contribution in [0.3, 0.4) is 0 Å². The molecular weight excluding hydrogens is 150 g/mol. The van der Waals surface area contributed by atoms with Crippen molar-refractivity contribution in [2.24, 2.45) is 0 Å². The maximum absolute atomic E-state index is 10.6. The lowest BCUT2D eigenvalue weighted by Gasteiger charge is -2.00. The molecule has 1 saturated heterocycles. The first-order valence-corrected chi connectivity index (χ1v) is 4.00. The van der Waals surface area contributed by atoms with E-state index in [2.05, 4.69) is 5.32 Å². The Bertz CT molecular complexity index is 169. The standard InChI is InChI=1S/C6H9NO2S/c1-4(8)10-5-2-6(9)7-3-5/h5H,2-3H2,1H3,(H,7,9)/t5-/m1/s1. The molecule has 1 aliphatic rings. The van der Waals surface area contributed by atoms with Gasteiger partial charge in [-0.1, -0.05) is 11.8 Å². The smallest absolute Gasteiger partial charge is 0.221 e. The Morgan fingerprint density at radius 1 is 1.80 bits per heavy atom. The van der Waals surface area contributed by atoms with E-state index in [0.717, 1.165) is 0 Å². The van der Waals surface area contributed by atoms with Crippen LogP contribution in [-0.2, 0) is 9.59 Å². The average Bonchev–Trinajstić information content (AvgIpc) is 2.13. The van der Waals surface area contributed by atoms with Gasteiger partial charge in [-0.25, -0.2) is 0 Å². The van der Waals surface area contributed by atoms with Crippen LogP contribution in [0.15, 0.2) is 0 Å². The highest BCUT2D eigenvalue weighted by Crippen LogP contribution is 2.17. The van der Waals surface area contributed by atoms with E-state index >= 15 is 0 Å². The first-order valence-electron chi connectivity index (χ1n) is 3.12. The van der Waals surface area contributed by atoms with E-state index in [0.29, 0.717) is 13.0 Å². The van der Waals surface area contributed by atoms with Crippen molar-refractivity contribution in [1.29, 1.82) is 0 Å². The van der Waals surface area contributed by atoms with Crippen molar-refractivity contribution < 1.29 is 9.59 Å². The SMILES string of the molecule is CC(=O)S[C@H]1CNC(=O)C1. The fourth-order valence-electron chi connectivity index (χ4n) is 0.897. The molecule has 0 saturated carbocycles. The maximum Gasteiger partial charge on any atom is 0.221 e. The molecule has 1 rings (SSSR count). The molecule has 3 nitrogen and oxygen atoms in total. The summed E-state index contributed by atoms with van der Waals surface area (Å²) < 4.78 is 0. The normalized spacial score (nSPS) is 24.5. The predicted molar refractivity (Wildman–Crippen MR) is 39.7 cm³/mol. The van der Waals surface area contributed by atoms with Crippen LogP contribution in [0.2, 0.25) is 0 Å². The Hall–Kier alpha value is -0.510. The van der Waals surface area contributed by atoms with Crippen molar-refractivity contribution in [3.63, 3.8) is 0 Å². The summed E-state index contributed by atoms with van der Waals surface area (Å²) in [6.45, 7) is 2.16. The summed E-state index contributed by atoms with van der Waals surface area (Å²) in [6, 6.07) is 0. The van der Waals surface area contributed by atoms with E-state index in [1.807, 2.05) is 0 Å². The number of amides is 1. The van der Waals surface area contributed by atoms with Gasteiger partial charge in [0.1, 0.15) is 0 Å². The van der Waals surface area contributed by atoms with E-state index in [1.165, 1.54) is 18.7 Å². The van der Waals surface area contributed by atoms with Crippen LogP contribution in [0, 0.1) is 0 Å². The number of rotatable bonds is 1.